The molecule has 1 fully saturated rings. The van der Waals surface area contributed by atoms with Crippen molar-refractivity contribution >= 4 is 5.97 Å². The van der Waals surface area contributed by atoms with Gasteiger partial charge in [0.1, 0.15) is 0 Å². The minimum absolute atomic E-state index is 0.107. The highest BCUT2D eigenvalue weighted by Crippen LogP contribution is 2.18. The predicted molar refractivity (Wildman–Crippen MR) is 62.3 cm³/mol. The van der Waals surface area contributed by atoms with Gasteiger partial charge in [-0.2, -0.15) is 0 Å². The van der Waals surface area contributed by atoms with E-state index in [2.05, 4.69) is 5.32 Å². The van der Waals surface area contributed by atoms with E-state index in [0.29, 0.717) is 6.04 Å². The van der Waals surface area contributed by atoms with Gasteiger partial charge in [-0.05, 0) is 24.0 Å². The molecule has 0 bridgehead atoms. The van der Waals surface area contributed by atoms with Crippen LogP contribution in [-0.2, 0) is 17.8 Å². The summed E-state index contributed by atoms with van der Waals surface area (Å²) >= 11 is 0. The molecule has 2 N–H and O–H groups in total. The molecule has 3 nitrogen and oxygen atoms in total. The van der Waals surface area contributed by atoms with Gasteiger partial charge in [0.2, 0.25) is 0 Å². The van der Waals surface area contributed by atoms with Gasteiger partial charge in [-0.1, -0.05) is 30.7 Å². The van der Waals surface area contributed by atoms with Crippen molar-refractivity contribution in [1.29, 1.82) is 0 Å². The average molecular weight is 219 g/mol. The van der Waals surface area contributed by atoms with Crippen molar-refractivity contribution in [3.8, 4) is 0 Å². The van der Waals surface area contributed by atoms with Gasteiger partial charge < -0.3 is 10.4 Å². The number of rotatable bonds is 5. The number of hydrogen-bond acceptors (Lipinski definition) is 2. The lowest BCUT2D eigenvalue weighted by atomic mass is 9.93. The topological polar surface area (TPSA) is 49.3 Å². The third-order valence-electron chi connectivity index (χ3n) is 3.08. The monoisotopic (exact) mass is 219 g/mol. The number of carboxylic acids is 1. The van der Waals surface area contributed by atoms with E-state index >= 15 is 0 Å². The summed E-state index contributed by atoms with van der Waals surface area (Å²) < 4.78 is 0. The van der Waals surface area contributed by atoms with Crippen LogP contribution in [0.25, 0.3) is 0 Å². The molecule has 1 aromatic carbocycles. The predicted octanol–water partition coefficient (Wildman–Crippen LogP) is 1.96. The van der Waals surface area contributed by atoms with Crippen LogP contribution < -0.4 is 5.32 Å². The number of aliphatic carboxylic acids is 1. The number of benzene rings is 1. The number of nitrogens with one attached hydrogen (secondary N) is 1. The number of hydrogen-bond donors (Lipinski definition) is 2. The van der Waals surface area contributed by atoms with Crippen LogP contribution in [0.5, 0.6) is 0 Å². The zero-order valence-corrected chi connectivity index (χ0v) is 9.28. The second-order valence-corrected chi connectivity index (χ2v) is 4.40. The van der Waals surface area contributed by atoms with Crippen molar-refractivity contribution in [2.45, 2.75) is 38.3 Å². The van der Waals surface area contributed by atoms with Crippen LogP contribution in [0.1, 0.15) is 30.4 Å². The molecular formula is C13H17NO2. The van der Waals surface area contributed by atoms with Crippen molar-refractivity contribution in [1.82, 2.24) is 5.32 Å². The Bertz CT molecular complexity index is 355. The molecule has 1 aliphatic carbocycles. The molecule has 0 radical (unpaired) electrons. The number of carbonyl (C=O) groups is 1. The number of carboxylic acid groups (broad SMARTS) is 1. The van der Waals surface area contributed by atoms with Gasteiger partial charge in [0, 0.05) is 12.6 Å². The molecule has 1 aliphatic rings. The van der Waals surface area contributed by atoms with Crippen LogP contribution in [0.4, 0.5) is 0 Å². The quantitative estimate of drug-likeness (QED) is 0.795. The molecule has 0 amide bonds. The minimum atomic E-state index is -0.777. The van der Waals surface area contributed by atoms with Crippen LogP contribution in [-0.4, -0.2) is 17.1 Å². The second-order valence-electron chi connectivity index (χ2n) is 4.40. The third-order valence-corrected chi connectivity index (χ3v) is 3.08. The molecular weight excluding hydrogens is 202 g/mol. The van der Waals surface area contributed by atoms with E-state index in [4.69, 9.17) is 5.11 Å². The average Bonchev–Trinajstić information content (AvgIpc) is 2.17. The maximum atomic E-state index is 10.5. The zero-order chi connectivity index (χ0) is 11.4. The van der Waals surface area contributed by atoms with E-state index in [1.54, 1.807) is 0 Å². The summed E-state index contributed by atoms with van der Waals surface area (Å²) in [4.78, 5) is 10.5. The second kappa shape index (κ2) is 5.12. The Kier molecular flexibility index (Phi) is 3.57. The van der Waals surface area contributed by atoms with E-state index in [1.807, 2.05) is 24.3 Å². The van der Waals surface area contributed by atoms with E-state index in [-0.39, 0.29) is 6.42 Å². The summed E-state index contributed by atoms with van der Waals surface area (Å²) in [6.45, 7) is 0.887. The molecule has 0 aromatic heterocycles. The van der Waals surface area contributed by atoms with Gasteiger partial charge in [0.15, 0.2) is 0 Å². The lowest BCUT2D eigenvalue weighted by Gasteiger charge is -2.26. The Hall–Kier alpha value is -1.35. The minimum Gasteiger partial charge on any atom is -0.481 e. The van der Waals surface area contributed by atoms with E-state index < -0.39 is 5.97 Å². The molecule has 3 heteroatoms. The van der Waals surface area contributed by atoms with Crippen molar-refractivity contribution in [2.24, 2.45) is 0 Å². The van der Waals surface area contributed by atoms with E-state index in [0.717, 1.165) is 12.1 Å². The van der Waals surface area contributed by atoms with E-state index in [9.17, 15) is 4.79 Å². The first kappa shape index (κ1) is 11.1. The van der Waals surface area contributed by atoms with Gasteiger partial charge in [-0.25, -0.2) is 0 Å². The molecule has 86 valence electrons. The lowest BCUT2D eigenvalue weighted by molar-refractivity contribution is -0.136. The summed E-state index contributed by atoms with van der Waals surface area (Å²) in [5.74, 6) is -0.777. The Labute approximate surface area is 95.5 Å². The van der Waals surface area contributed by atoms with Gasteiger partial charge in [-0.15, -0.1) is 0 Å². The van der Waals surface area contributed by atoms with Crippen LogP contribution in [0.3, 0.4) is 0 Å². The summed E-state index contributed by atoms with van der Waals surface area (Å²) in [7, 11) is 0. The van der Waals surface area contributed by atoms with Gasteiger partial charge in [-0.3, -0.25) is 4.79 Å². The summed E-state index contributed by atoms with van der Waals surface area (Å²) in [6, 6.07) is 8.49. The van der Waals surface area contributed by atoms with Gasteiger partial charge in [0.05, 0.1) is 6.42 Å². The molecule has 0 aliphatic heterocycles. The molecule has 2 rings (SSSR count). The molecule has 0 heterocycles. The largest absolute Gasteiger partial charge is 0.481 e. The molecule has 1 aromatic rings. The first-order valence-electron chi connectivity index (χ1n) is 5.77. The van der Waals surface area contributed by atoms with Crippen LogP contribution in [0.2, 0.25) is 0 Å². The van der Waals surface area contributed by atoms with Crippen molar-refractivity contribution in [2.75, 3.05) is 0 Å². The first-order valence-corrected chi connectivity index (χ1v) is 5.77. The Balaban J connectivity index is 1.83. The first-order chi connectivity index (χ1) is 7.74. The van der Waals surface area contributed by atoms with Gasteiger partial charge in [0.25, 0.3) is 0 Å². The van der Waals surface area contributed by atoms with Crippen molar-refractivity contribution < 1.29 is 9.90 Å². The molecule has 0 atom stereocenters. The normalized spacial score (nSPS) is 15.8. The SMILES string of the molecule is O=C(O)Cc1ccc(CNC2CCC2)cc1. The van der Waals surface area contributed by atoms with Crippen LogP contribution in [0, 0.1) is 0 Å². The molecule has 0 unspecified atom stereocenters. The Morgan fingerprint density at radius 3 is 2.38 bits per heavy atom. The fourth-order valence-corrected chi connectivity index (χ4v) is 1.82. The molecule has 16 heavy (non-hydrogen) atoms. The van der Waals surface area contributed by atoms with Gasteiger partial charge >= 0.3 is 5.97 Å². The standard InChI is InChI=1S/C13H17NO2/c15-13(16)8-10-4-6-11(7-5-10)9-14-12-2-1-3-12/h4-7,12,14H,1-3,8-9H2,(H,15,16). The summed E-state index contributed by atoms with van der Waals surface area (Å²) in [5, 5.41) is 12.1. The fourth-order valence-electron chi connectivity index (χ4n) is 1.82. The zero-order valence-electron chi connectivity index (χ0n) is 9.28. The van der Waals surface area contributed by atoms with Crippen LogP contribution in [0.15, 0.2) is 24.3 Å². The fraction of sp³-hybridized carbons (Fsp3) is 0.462. The lowest BCUT2D eigenvalue weighted by Crippen LogP contribution is -2.34. The van der Waals surface area contributed by atoms with E-state index in [1.165, 1.54) is 24.8 Å². The van der Waals surface area contributed by atoms with Crippen LogP contribution >= 0.6 is 0 Å². The highest BCUT2D eigenvalue weighted by Gasteiger charge is 2.15. The highest BCUT2D eigenvalue weighted by atomic mass is 16.4. The summed E-state index contributed by atoms with van der Waals surface area (Å²) in [5.41, 5.74) is 2.08. The summed E-state index contributed by atoms with van der Waals surface area (Å²) in [6.07, 6.45) is 4.03. The highest BCUT2D eigenvalue weighted by molar-refractivity contribution is 5.70. The third kappa shape index (κ3) is 3.07. The molecule has 1 saturated carbocycles. The van der Waals surface area contributed by atoms with Crippen molar-refractivity contribution in [3.05, 3.63) is 35.4 Å². The Morgan fingerprint density at radius 1 is 1.25 bits per heavy atom. The molecule has 0 spiro atoms. The maximum Gasteiger partial charge on any atom is 0.307 e. The Morgan fingerprint density at radius 2 is 1.88 bits per heavy atom. The maximum absolute atomic E-state index is 10.5. The smallest absolute Gasteiger partial charge is 0.307 e. The molecule has 0 saturated heterocycles. The van der Waals surface area contributed by atoms with Crippen molar-refractivity contribution in [3.63, 3.8) is 0 Å².